The highest BCUT2D eigenvalue weighted by molar-refractivity contribution is 7.22. The van der Waals surface area contributed by atoms with Gasteiger partial charge in [-0.2, -0.15) is 0 Å². The van der Waals surface area contributed by atoms with E-state index in [1.54, 1.807) is 12.1 Å². The van der Waals surface area contributed by atoms with Gasteiger partial charge >= 0.3 is 0 Å². The van der Waals surface area contributed by atoms with E-state index in [0.29, 0.717) is 29.0 Å². The van der Waals surface area contributed by atoms with Gasteiger partial charge in [0.25, 0.3) is 0 Å². The molecule has 0 spiro atoms. The van der Waals surface area contributed by atoms with Crippen molar-refractivity contribution >= 4 is 44.0 Å². The molecule has 27 heavy (non-hydrogen) atoms. The first-order valence-corrected chi connectivity index (χ1v) is 9.14. The molecule has 0 unspecified atom stereocenters. The number of halogens is 1. The van der Waals surface area contributed by atoms with Crippen LogP contribution in [0.3, 0.4) is 0 Å². The van der Waals surface area contributed by atoms with Gasteiger partial charge in [0.2, 0.25) is 0 Å². The number of aromatic nitrogens is 3. The summed E-state index contributed by atoms with van der Waals surface area (Å²) in [5, 5.41) is 7.05. The standard InChI is InChI=1S/C19H17FN6S/c1-11-3-2-4-14-16(11)25-19(27-14)26-18-15(21)17(23-10-24-18)22-9-12-5-7-13(20)8-6-12/h2-8,10H,9,21H2,1H3,(H2,22,23,24,25,26). The quantitative estimate of drug-likeness (QED) is 0.473. The Kier molecular flexibility index (Phi) is 4.55. The monoisotopic (exact) mass is 380 g/mol. The molecule has 4 rings (SSSR count). The molecule has 4 N–H and O–H groups in total. The number of hydrogen-bond acceptors (Lipinski definition) is 7. The lowest BCUT2D eigenvalue weighted by Crippen LogP contribution is -2.08. The second kappa shape index (κ2) is 7.16. The molecule has 0 aliphatic rings. The molecule has 0 saturated carbocycles. The summed E-state index contributed by atoms with van der Waals surface area (Å²) in [7, 11) is 0. The van der Waals surface area contributed by atoms with Crippen molar-refractivity contribution in [3.8, 4) is 0 Å². The smallest absolute Gasteiger partial charge is 0.189 e. The molecule has 0 bridgehead atoms. The van der Waals surface area contributed by atoms with Gasteiger partial charge in [0.15, 0.2) is 16.8 Å². The van der Waals surface area contributed by atoms with Gasteiger partial charge in [-0.1, -0.05) is 35.6 Å². The molecule has 0 atom stereocenters. The van der Waals surface area contributed by atoms with Crippen molar-refractivity contribution in [1.82, 2.24) is 15.0 Å². The van der Waals surface area contributed by atoms with Gasteiger partial charge in [0.1, 0.15) is 17.8 Å². The van der Waals surface area contributed by atoms with Crippen LogP contribution in [0, 0.1) is 12.7 Å². The Hall–Kier alpha value is -3.26. The van der Waals surface area contributed by atoms with Crippen molar-refractivity contribution < 1.29 is 4.39 Å². The summed E-state index contributed by atoms with van der Waals surface area (Å²) in [6.45, 7) is 2.50. The van der Waals surface area contributed by atoms with Crippen LogP contribution in [-0.4, -0.2) is 15.0 Å². The topological polar surface area (TPSA) is 88.8 Å². The molecule has 2 heterocycles. The van der Waals surface area contributed by atoms with Gasteiger partial charge < -0.3 is 16.4 Å². The molecule has 4 aromatic rings. The van der Waals surface area contributed by atoms with Crippen LogP contribution in [0.4, 0.5) is 26.8 Å². The summed E-state index contributed by atoms with van der Waals surface area (Å²) < 4.78 is 14.1. The third-order valence-electron chi connectivity index (χ3n) is 4.10. The highest BCUT2D eigenvalue weighted by atomic mass is 32.1. The maximum atomic E-state index is 13.0. The van der Waals surface area contributed by atoms with E-state index in [4.69, 9.17) is 5.73 Å². The fourth-order valence-corrected chi connectivity index (χ4v) is 3.61. The van der Waals surface area contributed by atoms with E-state index in [2.05, 4.69) is 25.6 Å². The summed E-state index contributed by atoms with van der Waals surface area (Å²) in [5.41, 5.74) is 9.62. The Morgan fingerprint density at radius 3 is 2.63 bits per heavy atom. The van der Waals surface area contributed by atoms with Gasteiger partial charge in [0, 0.05) is 6.54 Å². The van der Waals surface area contributed by atoms with Crippen LogP contribution < -0.4 is 16.4 Å². The van der Waals surface area contributed by atoms with Gasteiger partial charge in [-0.15, -0.1) is 0 Å². The summed E-state index contributed by atoms with van der Waals surface area (Å²) in [6, 6.07) is 12.3. The first-order chi connectivity index (χ1) is 13.1. The van der Waals surface area contributed by atoms with Crippen LogP contribution in [-0.2, 0) is 6.54 Å². The van der Waals surface area contributed by atoms with E-state index < -0.39 is 0 Å². The highest BCUT2D eigenvalue weighted by Gasteiger charge is 2.11. The van der Waals surface area contributed by atoms with Crippen molar-refractivity contribution in [2.45, 2.75) is 13.5 Å². The number of nitrogens with one attached hydrogen (secondary N) is 2. The third kappa shape index (κ3) is 3.65. The summed E-state index contributed by atoms with van der Waals surface area (Å²) in [5.74, 6) is 0.732. The lowest BCUT2D eigenvalue weighted by Gasteiger charge is -2.11. The number of nitrogens with zero attached hydrogens (tertiary/aromatic N) is 3. The van der Waals surface area contributed by atoms with Gasteiger partial charge in [-0.3, -0.25) is 0 Å². The van der Waals surface area contributed by atoms with Crippen molar-refractivity contribution in [2.75, 3.05) is 16.4 Å². The Bertz CT molecular complexity index is 1090. The van der Waals surface area contributed by atoms with Gasteiger partial charge in [0.05, 0.1) is 10.2 Å². The Morgan fingerprint density at radius 1 is 1.07 bits per heavy atom. The molecule has 136 valence electrons. The first kappa shape index (κ1) is 17.2. The third-order valence-corrected chi connectivity index (χ3v) is 5.04. The second-order valence-electron chi connectivity index (χ2n) is 6.03. The average Bonchev–Trinajstić information content (AvgIpc) is 3.08. The Morgan fingerprint density at radius 2 is 1.85 bits per heavy atom. The van der Waals surface area contributed by atoms with E-state index in [1.165, 1.54) is 29.8 Å². The zero-order valence-electron chi connectivity index (χ0n) is 14.5. The number of hydrogen-bond donors (Lipinski definition) is 3. The minimum Gasteiger partial charge on any atom is -0.393 e. The molecule has 0 radical (unpaired) electrons. The van der Waals surface area contributed by atoms with Crippen LogP contribution in [0.15, 0.2) is 48.8 Å². The molecule has 2 aromatic carbocycles. The van der Waals surface area contributed by atoms with E-state index in [-0.39, 0.29) is 5.82 Å². The minimum atomic E-state index is -0.266. The fourth-order valence-electron chi connectivity index (χ4n) is 2.67. The SMILES string of the molecule is Cc1cccc2sc(Nc3ncnc(NCc4ccc(F)cc4)c3N)nc12. The number of fused-ring (bicyclic) bond motifs is 1. The van der Waals surface area contributed by atoms with E-state index >= 15 is 0 Å². The van der Waals surface area contributed by atoms with Gasteiger partial charge in [-0.25, -0.2) is 19.3 Å². The molecule has 0 aliphatic carbocycles. The molecular formula is C19H17FN6S. The predicted octanol–water partition coefficient (Wildman–Crippen LogP) is 4.47. The van der Waals surface area contributed by atoms with Crippen LogP contribution in [0.25, 0.3) is 10.2 Å². The maximum absolute atomic E-state index is 13.0. The number of rotatable bonds is 5. The summed E-state index contributed by atoms with van der Waals surface area (Å²) in [4.78, 5) is 13.0. The number of nitrogen functional groups attached to an aromatic ring is 1. The minimum absolute atomic E-state index is 0.266. The van der Waals surface area contributed by atoms with Crippen LogP contribution >= 0.6 is 11.3 Å². The molecule has 0 fully saturated rings. The molecule has 0 saturated heterocycles. The number of nitrogens with two attached hydrogens (primary N) is 1. The van der Waals surface area contributed by atoms with Crippen molar-refractivity contribution in [2.24, 2.45) is 0 Å². The molecule has 0 aliphatic heterocycles. The normalized spacial score (nSPS) is 10.9. The number of aryl methyl sites for hydroxylation is 1. The molecular weight excluding hydrogens is 363 g/mol. The van der Waals surface area contributed by atoms with E-state index in [9.17, 15) is 4.39 Å². The number of thiazole rings is 1. The number of benzene rings is 2. The molecule has 8 heteroatoms. The van der Waals surface area contributed by atoms with Crippen LogP contribution in [0.5, 0.6) is 0 Å². The van der Waals surface area contributed by atoms with E-state index in [0.717, 1.165) is 21.3 Å². The van der Waals surface area contributed by atoms with Crippen molar-refractivity contribution in [3.63, 3.8) is 0 Å². The average molecular weight is 380 g/mol. The number of para-hydroxylation sites is 1. The second-order valence-corrected chi connectivity index (χ2v) is 7.06. The summed E-state index contributed by atoms with van der Waals surface area (Å²) >= 11 is 1.54. The van der Waals surface area contributed by atoms with Gasteiger partial charge in [-0.05, 0) is 36.2 Å². The highest BCUT2D eigenvalue weighted by Crippen LogP contribution is 2.32. The van der Waals surface area contributed by atoms with Crippen LogP contribution in [0.2, 0.25) is 0 Å². The lowest BCUT2D eigenvalue weighted by molar-refractivity contribution is 0.627. The van der Waals surface area contributed by atoms with Crippen molar-refractivity contribution in [3.05, 3.63) is 65.7 Å². The zero-order valence-corrected chi connectivity index (χ0v) is 15.3. The Balaban J connectivity index is 1.54. The maximum Gasteiger partial charge on any atom is 0.189 e. The van der Waals surface area contributed by atoms with Crippen LogP contribution in [0.1, 0.15) is 11.1 Å². The van der Waals surface area contributed by atoms with Crippen molar-refractivity contribution in [1.29, 1.82) is 0 Å². The molecule has 6 nitrogen and oxygen atoms in total. The fraction of sp³-hybridized carbons (Fsp3) is 0.105. The lowest BCUT2D eigenvalue weighted by atomic mass is 10.2. The Labute approximate surface area is 159 Å². The first-order valence-electron chi connectivity index (χ1n) is 8.32. The number of anilines is 4. The summed E-state index contributed by atoms with van der Waals surface area (Å²) in [6.07, 6.45) is 1.43. The van der Waals surface area contributed by atoms with E-state index in [1.807, 2.05) is 25.1 Å². The zero-order chi connectivity index (χ0) is 18.8. The predicted molar refractivity (Wildman–Crippen MR) is 108 cm³/mol. The largest absolute Gasteiger partial charge is 0.393 e. The molecule has 0 amide bonds. The molecule has 2 aromatic heterocycles.